The molecule has 11 heteroatoms. The molecule has 1 heterocycles. The molecule has 0 bridgehead atoms. The highest BCUT2D eigenvalue weighted by molar-refractivity contribution is 5.46. The zero-order valence-corrected chi connectivity index (χ0v) is 18.5. The zero-order valence-electron chi connectivity index (χ0n) is 18.5. The SMILES string of the molecule is OCc1cc([C@@H](O)[C@H](CC#Cc2ccc(O)c(O)c2)O[C@@H]2O[C@H](CO)[C@@H](O)[C@H](O)[C@H]2O)ccc1O. The first-order valence-corrected chi connectivity index (χ1v) is 10.7. The first-order valence-electron chi connectivity index (χ1n) is 10.7. The summed E-state index contributed by atoms with van der Waals surface area (Å²) in [7, 11) is 0. The topological polar surface area (TPSA) is 201 Å². The smallest absolute Gasteiger partial charge is 0.187 e. The summed E-state index contributed by atoms with van der Waals surface area (Å²) in [4.78, 5) is 0. The average Bonchev–Trinajstić information content (AvgIpc) is 2.85. The lowest BCUT2D eigenvalue weighted by Crippen LogP contribution is -2.59. The van der Waals surface area contributed by atoms with Crippen LogP contribution in [0.2, 0.25) is 0 Å². The number of benzene rings is 2. The van der Waals surface area contributed by atoms with E-state index in [2.05, 4.69) is 11.8 Å². The van der Waals surface area contributed by atoms with Crippen molar-refractivity contribution in [3.8, 4) is 29.1 Å². The first kappa shape index (κ1) is 26.7. The number of phenolic OH excluding ortho intramolecular Hbond substituents is 2. The maximum atomic E-state index is 11.0. The van der Waals surface area contributed by atoms with Crippen molar-refractivity contribution in [2.45, 2.75) is 55.9 Å². The van der Waals surface area contributed by atoms with Crippen molar-refractivity contribution >= 4 is 0 Å². The maximum absolute atomic E-state index is 11.0. The molecule has 11 nitrogen and oxygen atoms in total. The average molecular weight is 492 g/mol. The van der Waals surface area contributed by atoms with Crippen molar-refractivity contribution in [2.24, 2.45) is 0 Å². The standard InChI is InChI=1S/C24H28O11/c25-10-14-9-13(5-7-15(14)27)20(30)18(3-1-2-12-4-6-16(28)17(29)8-12)34-24-23(33)22(32)21(31)19(11-26)35-24/h4-9,18-33H,3,10-11H2/t18-,19+,20+,21+,22-,23+,24+/m0/s1. The van der Waals surface area contributed by atoms with E-state index in [4.69, 9.17) is 9.47 Å². The van der Waals surface area contributed by atoms with E-state index in [1.807, 2.05) is 0 Å². The monoisotopic (exact) mass is 492 g/mol. The van der Waals surface area contributed by atoms with Crippen molar-refractivity contribution in [1.29, 1.82) is 0 Å². The van der Waals surface area contributed by atoms with Crippen molar-refractivity contribution in [3.05, 3.63) is 53.1 Å². The molecule has 35 heavy (non-hydrogen) atoms. The second-order valence-electron chi connectivity index (χ2n) is 8.07. The second-order valence-corrected chi connectivity index (χ2v) is 8.07. The number of hydrogen-bond acceptors (Lipinski definition) is 11. The summed E-state index contributed by atoms with van der Waals surface area (Å²) in [5, 5.41) is 89.0. The van der Waals surface area contributed by atoms with Gasteiger partial charge >= 0.3 is 0 Å². The Morgan fingerprint density at radius 3 is 2.26 bits per heavy atom. The third kappa shape index (κ3) is 6.21. The van der Waals surface area contributed by atoms with Crippen molar-refractivity contribution < 1.29 is 55.4 Å². The Hall–Kier alpha value is -2.92. The van der Waals surface area contributed by atoms with E-state index < -0.39 is 56.1 Å². The highest BCUT2D eigenvalue weighted by Gasteiger charge is 2.45. The van der Waals surface area contributed by atoms with Gasteiger partial charge in [-0.2, -0.15) is 0 Å². The van der Waals surface area contributed by atoms with Gasteiger partial charge in [-0.3, -0.25) is 0 Å². The van der Waals surface area contributed by atoms with Crippen LogP contribution >= 0.6 is 0 Å². The quantitative estimate of drug-likeness (QED) is 0.169. The maximum Gasteiger partial charge on any atom is 0.187 e. The fourth-order valence-electron chi connectivity index (χ4n) is 3.57. The number of phenols is 3. The Kier molecular flexibility index (Phi) is 8.90. The largest absolute Gasteiger partial charge is 0.508 e. The van der Waals surface area contributed by atoms with Crippen molar-refractivity contribution in [3.63, 3.8) is 0 Å². The Morgan fingerprint density at radius 1 is 0.886 bits per heavy atom. The Balaban J connectivity index is 1.87. The molecule has 0 radical (unpaired) electrons. The molecule has 7 atom stereocenters. The lowest BCUT2D eigenvalue weighted by Gasteiger charge is -2.41. The van der Waals surface area contributed by atoms with Gasteiger partial charge < -0.3 is 55.4 Å². The van der Waals surface area contributed by atoms with Crippen LogP contribution in [0, 0.1) is 11.8 Å². The molecule has 1 fully saturated rings. The minimum atomic E-state index is -1.71. The predicted octanol–water partition coefficient (Wildman–Crippen LogP) is -1.04. The summed E-state index contributed by atoms with van der Waals surface area (Å²) >= 11 is 0. The molecule has 0 unspecified atom stereocenters. The van der Waals surface area contributed by atoms with Gasteiger partial charge in [-0.15, -0.1) is 0 Å². The first-order chi connectivity index (χ1) is 16.7. The van der Waals surface area contributed by atoms with E-state index in [9.17, 15) is 46.0 Å². The molecular weight excluding hydrogens is 464 g/mol. The summed E-state index contributed by atoms with van der Waals surface area (Å²) < 4.78 is 11.1. The number of rotatable bonds is 7. The van der Waals surface area contributed by atoms with Crippen LogP contribution in [0.5, 0.6) is 17.2 Å². The fourth-order valence-corrected chi connectivity index (χ4v) is 3.57. The molecule has 0 amide bonds. The van der Waals surface area contributed by atoms with E-state index >= 15 is 0 Å². The van der Waals surface area contributed by atoms with Crippen LogP contribution in [0.3, 0.4) is 0 Å². The molecule has 0 saturated carbocycles. The molecule has 0 aliphatic carbocycles. The van der Waals surface area contributed by atoms with Gasteiger partial charge in [0.1, 0.15) is 42.4 Å². The third-order valence-electron chi connectivity index (χ3n) is 5.64. The van der Waals surface area contributed by atoms with Crippen LogP contribution in [-0.4, -0.2) is 89.4 Å². The Labute approximate surface area is 200 Å². The number of aliphatic hydroxyl groups is 6. The number of aromatic hydroxyl groups is 3. The highest BCUT2D eigenvalue weighted by Crippen LogP contribution is 2.30. The fraction of sp³-hybridized carbons (Fsp3) is 0.417. The number of ether oxygens (including phenoxy) is 2. The molecule has 0 aromatic heterocycles. The minimum absolute atomic E-state index is 0.152. The van der Waals surface area contributed by atoms with Gasteiger partial charge in [-0.05, 0) is 35.9 Å². The normalized spacial score (nSPS) is 25.9. The van der Waals surface area contributed by atoms with Crippen LogP contribution in [-0.2, 0) is 16.1 Å². The van der Waals surface area contributed by atoms with Gasteiger partial charge in [-0.25, -0.2) is 0 Å². The zero-order chi connectivity index (χ0) is 25.7. The molecule has 0 spiro atoms. The van der Waals surface area contributed by atoms with Crippen LogP contribution < -0.4 is 0 Å². The molecule has 190 valence electrons. The molecule has 2 aromatic rings. The third-order valence-corrected chi connectivity index (χ3v) is 5.64. The summed E-state index contributed by atoms with van der Waals surface area (Å²) in [6.45, 7) is -1.16. The van der Waals surface area contributed by atoms with Gasteiger partial charge in [0.15, 0.2) is 17.8 Å². The summed E-state index contributed by atoms with van der Waals surface area (Å²) in [6.07, 6.45) is -10.5. The van der Waals surface area contributed by atoms with Crippen LogP contribution in [0.4, 0.5) is 0 Å². The lowest BCUT2D eigenvalue weighted by atomic mass is 9.97. The Bertz CT molecular complexity index is 1060. The van der Waals surface area contributed by atoms with E-state index in [0.717, 1.165) is 0 Å². The number of aliphatic hydroxyl groups excluding tert-OH is 6. The number of hydrogen-bond donors (Lipinski definition) is 9. The molecular formula is C24H28O11. The lowest BCUT2D eigenvalue weighted by molar-refractivity contribution is -0.316. The second kappa shape index (κ2) is 11.7. The Morgan fingerprint density at radius 2 is 1.60 bits per heavy atom. The van der Waals surface area contributed by atoms with Crippen LogP contribution in [0.1, 0.15) is 29.2 Å². The van der Waals surface area contributed by atoms with Crippen molar-refractivity contribution in [2.75, 3.05) is 6.61 Å². The highest BCUT2D eigenvalue weighted by atomic mass is 16.7. The molecule has 3 rings (SSSR count). The van der Waals surface area contributed by atoms with Crippen LogP contribution in [0.15, 0.2) is 36.4 Å². The van der Waals surface area contributed by atoms with Gasteiger partial charge in [0, 0.05) is 17.5 Å². The molecule has 1 aliphatic heterocycles. The molecule has 1 aliphatic rings. The van der Waals surface area contributed by atoms with Gasteiger partial charge in [0.25, 0.3) is 0 Å². The molecule has 9 N–H and O–H groups in total. The van der Waals surface area contributed by atoms with E-state index in [-0.39, 0.29) is 34.8 Å². The molecule has 2 aromatic carbocycles. The van der Waals surface area contributed by atoms with Gasteiger partial charge in [-0.1, -0.05) is 17.9 Å². The van der Waals surface area contributed by atoms with E-state index in [1.54, 1.807) is 0 Å². The predicted molar refractivity (Wildman–Crippen MR) is 119 cm³/mol. The van der Waals surface area contributed by atoms with E-state index in [1.165, 1.54) is 36.4 Å². The minimum Gasteiger partial charge on any atom is -0.508 e. The molecule has 1 saturated heterocycles. The van der Waals surface area contributed by atoms with E-state index in [0.29, 0.717) is 5.56 Å². The summed E-state index contributed by atoms with van der Waals surface area (Å²) in [6, 6.07) is 7.98. The summed E-state index contributed by atoms with van der Waals surface area (Å²) in [5.41, 5.74) is 0.748. The summed E-state index contributed by atoms with van der Waals surface area (Å²) in [5.74, 6) is 4.64. The van der Waals surface area contributed by atoms with Gasteiger partial charge in [0.2, 0.25) is 0 Å². The van der Waals surface area contributed by atoms with Crippen molar-refractivity contribution in [1.82, 2.24) is 0 Å². The van der Waals surface area contributed by atoms with Gasteiger partial charge in [0.05, 0.1) is 13.2 Å². The van der Waals surface area contributed by atoms with Crippen LogP contribution in [0.25, 0.3) is 0 Å².